The molecule has 8 heteroatoms. The van der Waals surface area contributed by atoms with Crippen molar-refractivity contribution in [3.63, 3.8) is 0 Å². The quantitative estimate of drug-likeness (QED) is 0.892. The third kappa shape index (κ3) is 3.26. The van der Waals surface area contributed by atoms with Crippen LogP contribution in [0.15, 0.2) is 30.5 Å². The number of nitrogens with one attached hydrogen (secondary N) is 1. The highest BCUT2D eigenvalue weighted by Crippen LogP contribution is 2.31. The highest BCUT2D eigenvalue weighted by atomic mass is 19.3. The number of hydrogen-bond donors (Lipinski definition) is 2. The monoisotopic (exact) mass is 331 g/mol. The first-order valence-electron chi connectivity index (χ1n) is 7.38. The minimum Gasteiger partial charge on any atom is -0.483 e. The van der Waals surface area contributed by atoms with Crippen molar-refractivity contribution in [2.24, 2.45) is 0 Å². The average molecular weight is 331 g/mol. The van der Waals surface area contributed by atoms with Crippen LogP contribution in [-0.2, 0) is 0 Å². The number of ether oxygens (including phenoxy) is 1. The van der Waals surface area contributed by atoms with E-state index in [1.165, 1.54) is 18.3 Å². The molecule has 0 amide bonds. The van der Waals surface area contributed by atoms with Crippen LogP contribution in [0.2, 0.25) is 0 Å². The van der Waals surface area contributed by atoms with Crippen molar-refractivity contribution < 1.29 is 13.5 Å². The van der Waals surface area contributed by atoms with E-state index in [-0.39, 0.29) is 23.7 Å². The summed E-state index contributed by atoms with van der Waals surface area (Å²) in [5.41, 5.74) is 6.88. The summed E-state index contributed by atoms with van der Waals surface area (Å²) < 4.78 is 33.2. The summed E-state index contributed by atoms with van der Waals surface area (Å²) in [7, 11) is 0. The molecular weight excluding hydrogens is 316 g/mol. The first kappa shape index (κ1) is 16.1. The minimum absolute atomic E-state index is 0.112. The topological polar surface area (TPSA) is 96.9 Å². The predicted molar refractivity (Wildman–Crippen MR) is 83.4 cm³/mol. The van der Waals surface area contributed by atoms with Gasteiger partial charge in [0.15, 0.2) is 6.10 Å². The van der Waals surface area contributed by atoms with Gasteiger partial charge in [-0.1, -0.05) is 0 Å². The van der Waals surface area contributed by atoms with E-state index in [9.17, 15) is 14.0 Å². The Labute approximate surface area is 137 Å². The number of rotatable bonds is 3. The summed E-state index contributed by atoms with van der Waals surface area (Å²) in [6, 6.07) is 8.32. The second-order valence-electron chi connectivity index (χ2n) is 5.46. The lowest BCUT2D eigenvalue weighted by atomic mass is 10.0. The summed E-state index contributed by atoms with van der Waals surface area (Å²) in [4.78, 5) is 7.88. The molecule has 1 aliphatic heterocycles. The van der Waals surface area contributed by atoms with Gasteiger partial charge in [0.05, 0.1) is 17.8 Å². The van der Waals surface area contributed by atoms with Crippen LogP contribution in [0.1, 0.15) is 12.0 Å². The van der Waals surface area contributed by atoms with E-state index in [2.05, 4.69) is 15.3 Å². The second-order valence-corrected chi connectivity index (χ2v) is 5.46. The lowest BCUT2D eigenvalue weighted by molar-refractivity contribution is -0.109. The largest absolute Gasteiger partial charge is 0.483 e. The average Bonchev–Trinajstić information content (AvgIpc) is 2.57. The Morgan fingerprint density at radius 1 is 1.38 bits per heavy atom. The van der Waals surface area contributed by atoms with Gasteiger partial charge in [-0.25, -0.2) is 18.7 Å². The number of hydrogen-bond acceptors (Lipinski definition) is 6. The van der Waals surface area contributed by atoms with Crippen LogP contribution in [0.3, 0.4) is 0 Å². The standard InChI is InChI=1S/C16H15F2N5O/c17-16(18)9-21-5-4-14(16)24-13-2-1-10(7-11(13)8-19)12-3-6-22-15(20)23-12/h1-3,6-7,14,21H,4-5,9H2,(H2,20,22,23). The maximum atomic E-state index is 13.9. The molecule has 2 aromatic rings. The fraction of sp³-hybridized carbons (Fsp3) is 0.312. The van der Waals surface area contributed by atoms with Crippen molar-refractivity contribution in [1.29, 1.82) is 5.26 Å². The van der Waals surface area contributed by atoms with Gasteiger partial charge in [0.1, 0.15) is 11.8 Å². The molecule has 1 saturated heterocycles. The van der Waals surface area contributed by atoms with Gasteiger partial charge in [-0.05, 0) is 30.8 Å². The fourth-order valence-electron chi connectivity index (χ4n) is 2.53. The first-order valence-corrected chi connectivity index (χ1v) is 7.38. The van der Waals surface area contributed by atoms with Gasteiger partial charge in [0.25, 0.3) is 5.92 Å². The number of nitrogens with zero attached hydrogens (tertiary/aromatic N) is 3. The van der Waals surface area contributed by atoms with Gasteiger partial charge in [-0.2, -0.15) is 5.26 Å². The first-order chi connectivity index (χ1) is 11.5. The SMILES string of the molecule is N#Cc1cc(-c2ccnc(N)n2)ccc1OC1CCNCC1(F)F. The Kier molecular flexibility index (Phi) is 4.27. The molecule has 0 radical (unpaired) electrons. The predicted octanol–water partition coefficient (Wildman–Crippen LogP) is 1.97. The Hall–Kier alpha value is -2.79. The smallest absolute Gasteiger partial charge is 0.296 e. The van der Waals surface area contributed by atoms with Gasteiger partial charge in [-0.3, -0.25) is 0 Å². The molecule has 0 saturated carbocycles. The number of piperidine rings is 1. The summed E-state index contributed by atoms with van der Waals surface area (Å²) in [5.74, 6) is -2.74. The van der Waals surface area contributed by atoms with Crippen LogP contribution < -0.4 is 15.8 Å². The van der Waals surface area contributed by atoms with Crippen molar-refractivity contribution in [3.8, 4) is 23.1 Å². The minimum atomic E-state index is -2.98. The van der Waals surface area contributed by atoms with Gasteiger partial charge >= 0.3 is 0 Å². The number of benzene rings is 1. The molecule has 0 spiro atoms. The number of anilines is 1. The molecule has 24 heavy (non-hydrogen) atoms. The van der Waals surface area contributed by atoms with Crippen LogP contribution in [-0.4, -0.2) is 35.1 Å². The van der Waals surface area contributed by atoms with Crippen molar-refractivity contribution >= 4 is 5.95 Å². The van der Waals surface area contributed by atoms with E-state index in [4.69, 9.17) is 10.5 Å². The van der Waals surface area contributed by atoms with Gasteiger partial charge in [-0.15, -0.1) is 0 Å². The highest BCUT2D eigenvalue weighted by molar-refractivity contribution is 5.64. The molecule has 124 valence electrons. The highest BCUT2D eigenvalue weighted by Gasteiger charge is 2.43. The molecule has 3 N–H and O–H groups in total. The third-order valence-corrected chi connectivity index (χ3v) is 3.75. The van der Waals surface area contributed by atoms with Crippen LogP contribution in [0, 0.1) is 11.3 Å². The number of alkyl halides is 2. The van der Waals surface area contributed by atoms with E-state index < -0.39 is 18.6 Å². The Balaban J connectivity index is 1.89. The van der Waals surface area contributed by atoms with E-state index in [0.29, 0.717) is 17.8 Å². The van der Waals surface area contributed by atoms with E-state index in [1.807, 2.05) is 6.07 Å². The lowest BCUT2D eigenvalue weighted by Gasteiger charge is -2.32. The number of aromatic nitrogens is 2. The van der Waals surface area contributed by atoms with Crippen molar-refractivity contribution in [2.45, 2.75) is 18.4 Å². The zero-order valence-corrected chi connectivity index (χ0v) is 12.7. The number of halogens is 2. The molecule has 1 atom stereocenters. The van der Waals surface area contributed by atoms with Crippen LogP contribution in [0.4, 0.5) is 14.7 Å². The molecule has 1 aliphatic rings. The van der Waals surface area contributed by atoms with Crippen molar-refractivity contribution in [1.82, 2.24) is 15.3 Å². The van der Waals surface area contributed by atoms with Gasteiger partial charge in [0.2, 0.25) is 5.95 Å². The summed E-state index contributed by atoms with van der Waals surface area (Å²) in [6.45, 7) is 0.0122. The van der Waals surface area contributed by atoms with Crippen LogP contribution in [0.25, 0.3) is 11.3 Å². The second kappa shape index (κ2) is 6.37. The maximum absolute atomic E-state index is 13.9. The van der Waals surface area contributed by atoms with Gasteiger partial charge < -0.3 is 15.8 Å². The Morgan fingerprint density at radius 2 is 2.21 bits per heavy atom. The molecule has 6 nitrogen and oxygen atoms in total. The molecule has 2 heterocycles. The molecule has 0 bridgehead atoms. The van der Waals surface area contributed by atoms with Crippen LogP contribution in [0.5, 0.6) is 5.75 Å². The van der Waals surface area contributed by atoms with E-state index >= 15 is 0 Å². The molecule has 3 rings (SSSR count). The lowest BCUT2D eigenvalue weighted by Crippen LogP contribution is -2.52. The molecule has 1 fully saturated rings. The zero-order valence-electron chi connectivity index (χ0n) is 12.7. The van der Waals surface area contributed by atoms with E-state index in [1.54, 1.807) is 12.1 Å². The molecular formula is C16H15F2N5O. The van der Waals surface area contributed by atoms with E-state index in [0.717, 1.165) is 0 Å². The summed E-state index contributed by atoms with van der Waals surface area (Å²) >= 11 is 0. The van der Waals surface area contributed by atoms with Crippen LogP contribution >= 0.6 is 0 Å². The van der Waals surface area contributed by atoms with Crippen molar-refractivity contribution in [3.05, 3.63) is 36.0 Å². The summed E-state index contributed by atoms with van der Waals surface area (Å²) in [5, 5.41) is 12.0. The maximum Gasteiger partial charge on any atom is 0.296 e. The molecule has 1 aromatic heterocycles. The Morgan fingerprint density at radius 3 is 2.92 bits per heavy atom. The summed E-state index contributed by atoms with van der Waals surface area (Å²) in [6.07, 6.45) is 0.414. The molecule has 1 aromatic carbocycles. The Bertz CT molecular complexity index is 790. The third-order valence-electron chi connectivity index (χ3n) is 3.75. The number of nitrogens with two attached hydrogens (primary N) is 1. The zero-order chi connectivity index (χ0) is 17.2. The van der Waals surface area contributed by atoms with Crippen molar-refractivity contribution in [2.75, 3.05) is 18.8 Å². The molecule has 0 aliphatic carbocycles. The fourth-order valence-corrected chi connectivity index (χ4v) is 2.53. The number of nitriles is 1. The van der Waals surface area contributed by atoms with Gasteiger partial charge in [0, 0.05) is 18.2 Å². The number of nitrogen functional groups attached to an aromatic ring is 1. The molecule has 1 unspecified atom stereocenters. The normalized spacial score (nSPS) is 19.5.